The molecule has 1 aromatic carbocycles. The molecule has 0 aliphatic rings. The SMILES string of the molecule is Cc1ccc(N)c(SC=CC(=O)O)c1. The highest BCUT2D eigenvalue weighted by atomic mass is 32.2. The Hall–Kier alpha value is -1.42. The molecule has 0 heterocycles. The summed E-state index contributed by atoms with van der Waals surface area (Å²) in [7, 11) is 0. The van der Waals surface area contributed by atoms with E-state index in [2.05, 4.69) is 0 Å². The zero-order valence-electron chi connectivity index (χ0n) is 7.73. The number of carbonyl (C=O) groups is 1. The molecule has 0 aliphatic heterocycles. The molecule has 0 aromatic heterocycles. The Morgan fingerprint density at radius 2 is 2.29 bits per heavy atom. The van der Waals surface area contributed by atoms with E-state index in [0.717, 1.165) is 16.5 Å². The van der Waals surface area contributed by atoms with Crippen LogP contribution in [0.5, 0.6) is 0 Å². The molecule has 0 atom stereocenters. The highest BCUT2D eigenvalue weighted by Crippen LogP contribution is 2.26. The number of aliphatic carboxylic acids is 1. The minimum absolute atomic E-state index is 0.663. The first-order valence-electron chi connectivity index (χ1n) is 4.02. The fourth-order valence-corrected chi connectivity index (χ4v) is 1.70. The van der Waals surface area contributed by atoms with E-state index in [0.29, 0.717) is 5.69 Å². The van der Waals surface area contributed by atoms with E-state index in [1.165, 1.54) is 17.2 Å². The molecule has 0 amide bonds. The first kappa shape index (κ1) is 10.7. The Morgan fingerprint density at radius 1 is 1.57 bits per heavy atom. The number of thioether (sulfide) groups is 1. The van der Waals surface area contributed by atoms with E-state index < -0.39 is 5.97 Å². The zero-order valence-corrected chi connectivity index (χ0v) is 8.54. The predicted octanol–water partition coefficient (Wildman–Crippen LogP) is 2.27. The number of rotatable bonds is 3. The van der Waals surface area contributed by atoms with Crippen molar-refractivity contribution in [1.29, 1.82) is 0 Å². The second-order valence-corrected chi connectivity index (χ2v) is 3.75. The van der Waals surface area contributed by atoms with Gasteiger partial charge >= 0.3 is 5.97 Å². The summed E-state index contributed by atoms with van der Waals surface area (Å²) in [5, 5.41) is 9.89. The van der Waals surface area contributed by atoms with Gasteiger partial charge in [-0.05, 0) is 30.0 Å². The monoisotopic (exact) mass is 209 g/mol. The summed E-state index contributed by atoms with van der Waals surface area (Å²) in [6.45, 7) is 1.96. The summed E-state index contributed by atoms with van der Waals surface area (Å²) >= 11 is 1.30. The standard InChI is InChI=1S/C10H11NO2S/c1-7-2-3-8(11)9(6-7)14-5-4-10(12)13/h2-6H,11H2,1H3,(H,12,13). The Kier molecular flexibility index (Phi) is 3.59. The molecule has 74 valence electrons. The van der Waals surface area contributed by atoms with Gasteiger partial charge < -0.3 is 10.8 Å². The zero-order chi connectivity index (χ0) is 10.6. The summed E-state index contributed by atoms with van der Waals surface area (Å²) in [6.07, 6.45) is 1.09. The van der Waals surface area contributed by atoms with Gasteiger partial charge in [0.25, 0.3) is 0 Å². The third-order valence-electron chi connectivity index (χ3n) is 1.57. The van der Waals surface area contributed by atoms with Crippen molar-refractivity contribution in [2.45, 2.75) is 11.8 Å². The first-order valence-corrected chi connectivity index (χ1v) is 4.90. The van der Waals surface area contributed by atoms with E-state index in [1.54, 1.807) is 0 Å². The molecule has 3 N–H and O–H groups in total. The number of nitrogen functional groups attached to an aromatic ring is 1. The van der Waals surface area contributed by atoms with Gasteiger partial charge in [-0.1, -0.05) is 17.8 Å². The van der Waals surface area contributed by atoms with Crippen LogP contribution >= 0.6 is 11.8 Å². The summed E-state index contributed by atoms with van der Waals surface area (Å²) in [6, 6.07) is 5.65. The molecule has 3 nitrogen and oxygen atoms in total. The lowest BCUT2D eigenvalue weighted by Crippen LogP contribution is -1.88. The molecule has 1 rings (SSSR count). The summed E-state index contributed by atoms with van der Waals surface area (Å²) in [5.74, 6) is -0.955. The maximum atomic E-state index is 10.2. The molecule has 0 saturated carbocycles. The van der Waals surface area contributed by atoms with Crippen LogP contribution in [0.15, 0.2) is 34.6 Å². The molecular formula is C10H11NO2S. The van der Waals surface area contributed by atoms with Gasteiger partial charge in [-0.2, -0.15) is 0 Å². The van der Waals surface area contributed by atoms with Gasteiger partial charge in [-0.25, -0.2) is 4.79 Å². The minimum atomic E-state index is -0.955. The van der Waals surface area contributed by atoms with Crippen molar-refractivity contribution in [3.63, 3.8) is 0 Å². The van der Waals surface area contributed by atoms with Crippen LogP contribution in [0.2, 0.25) is 0 Å². The van der Waals surface area contributed by atoms with E-state index in [9.17, 15) is 4.79 Å². The fourth-order valence-electron chi connectivity index (χ4n) is 0.909. The van der Waals surface area contributed by atoms with Crippen molar-refractivity contribution < 1.29 is 9.90 Å². The van der Waals surface area contributed by atoms with Gasteiger partial charge in [0.15, 0.2) is 0 Å². The van der Waals surface area contributed by atoms with Crippen LogP contribution in [0.1, 0.15) is 5.56 Å². The number of benzene rings is 1. The largest absolute Gasteiger partial charge is 0.478 e. The molecule has 14 heavy (non-hydrogen) atoms. The number of hydrogen-bond donors (Lipinski definition) is 2. The lowest BCUT2D eigenvalue weighted by atomic mass is 10.2. The molecule has 0 radical (unpaired) electrons. The molecule has 1 aromatic rings. The molecule has 0 fully saturated rings. The van der Waals surface area contributed by atoms with E-state index in [4.69, 9.17) is 10.8 Å². The van der Waals surface area contributed by atoms with Gasteiger partial charge in [0.05, 0.1) is 0 Å². The molecular weight excluding hydrogens is 198 g/mol. The highest BCUT2D eigenvalue weighted by Gasteiger charge is 1.97. The molecule has 0 bridgehead atoms. The third-order valence-corrected chi connectivity index (χ3v) is 2.45. The van der Waals surface area contributed by atoms with Crippen LogP contribution in [-0.2, 0) is 4.79 Å². The fraction of sp³-hybridized carbons (Fsp3) is 0.100. The third kappa shape index (κ3) is 3.14. The van der Waals surface area contributed by atoms with Crippen LogP contribution in [0.4, 0.5) is 5.69 Å². The van der Waals surface area contributed by atoms with Crippen LogP contribution in [0.3, 0.4) is 0 Å². The van der Waals surface area contributed by atoms with E-state index >= 15 is 0 Å². The Morgan fingerprint density at radius 3 is 2.93 bits per heavy atom. The quantitative estimate of drug-likeness (QED) is 0.455. The topological polar surface area (TPSA) is 63.3 Å². The maximum absolute atomic E-state index is 10.2. The number of aryl methyl sites for hydroxylation is 1. The van der Waals surface area contributed by atoms with Gasteiger partial charge in [0, 0.05) is 16.7 Å². The van der Waals surface area contributed by atoms with E-state index in [1.807, 2.05) is 25.1 Å². The second-order valence-electron chi connectivity index (χ2n) is 2.80. The summed E-state index contributed by atoms with van der Waals surface area (Å²) in [4.78, 5) is 11.1. The molecule has 0 saturated heterocycles. The van der Waals surface area contributed by atoms with Crippen molar-refractivity contribution in [3.05, 3.63) is 35.2 Å². The van der Waals surface area contributed by atoms with Crippen LogP contribution in [-0.4, -0.2) is 11.1 Å². The van der Waals surface area contributed by atoms with Gasteiger partial charge in [-0.3, -0.25) is 0 Å². The molecule has 0 aliphatic carbocycles. The minimum Gasteiger partial charge on any atom is -0.478 e. The lowest BCUT2D eigenvalue weighted by Gasteiger charge is -2.02. The van der Waals surface area contributed by atoms with Crippen LogP contribution < -0.4 is 5.73 Å². The number of carboxylic acid groups (broad SMARTS) is 1. The Balaban J connectivity index is 2.76. The number of nitrogens with two attached hydrogens (primary N) is 1. The van der Waals surface area contributed by atoms with E-state index in [-0.39, 0.29) is 0 Å². The predicted molar refractivity (Wildman–Crippen MR) is 58.2 cm³/mol. The average Bonchev–Trinajstić information content (AvgIpc) is 2.10. The van der Waals surface area contributed by atoms with Gasteiger partial charge in [0.1, 0.15) is 0 Å². The second kappa shape index (κ2) is 4.72. The van der Waals surface area contributed by atoms with Crippen LogP contribution in [0.25, 0.3) is 0 Å². The maximum Gasteiger partial charge on any atom is 0.328 e. The summed E-state index contributed by atoms with van der Waals surface area (Å²) < 4.78 is 0. The van der Waals surface area contributed by atoms with Crippen molar-refractivity contribution in [1.82, 2.24) is 0 Å². The number of carboxylic acids is 1. The van der Waals surface area contributed by atoms with Crippen LogP contribution in [0, 0.1) is 6.92 Å². The number of anilines is 1. The Labute approximate surface area is 86.6 Å². The van der Waals surface area contributed by atoms with Crippen molar-refractivity contribution >= 4 is 23.4 Å². The van der Waals surface area contributed by atoms with Gasteiger partial charge in [-0.15, -0.1) is 0 Å². The molecule has 4 heteroatoms. The lowest BCUT2D eigenvalue weighted by molar-refractivity contribution is -0.131. The first-order chi connectivity index (χ1) is 6.59. The molecule has 0 unspecified atom stereocenters. The van der Waals surface area contributed by atoms with Crippen molar-refractivity contribution in [2.75, 3.05) is 5.73 Å². The highest BCUT2D eigenvalue weighted by molar-refractivity contribution is 8.02. The Bertz CT molecular complexity index is 374. The van der Waals surface area contributed by atoms with Crippen molar-refractivity contribution in [3.8, 4) is 0 Å². The smallest absolute Gasteiger partial charge is 0.328 e. The average molecular weight is 209 g/mol. The normalized spacial score (nSPS) is 10.6. The van der Waals surface area contributed by atoms with Gasteiger partial charge in [0.2, 0.25) is 0 Å². The van der Waals surface area contributed by atoms with Crippen molar-refractivity contribution in [2.24, 2.45) is 0 Å². The number of hydrogen-bond acceptors (Lipinski definition) is 3. The summed E-state index contributed by atoms with van der Waals surface area (Å²) in [5.41, 5.74) is 7.47. The molecule has 0 spiro atoms.